The molecule has 4 bridgehead atoms. The zero-order valence-corrected chi connectivity index (χ0v) is 19.0. The van der Waals surface area contributed by atoms with Gasteiger partial charge < -0.3 is 11.1 Å². The second-order valence-corrected chi connectivity index (χ2v) is 12.1. The Balaban J connectivity index is 1.42. The highest BCUT2D eigenvalue weighted by Gasteiger charge is 2.58. The number of nitrogens with one attached hydrogen (secondary N) is 2. The van der Waals surface area contributed by atoms with Gasteiger partial charge in [-0.25, -0.2) is 21.9 Å². The van der Waals surface area contributed by atoms with Crippen molar-refractivity contribution < 1.29 is 26.8 Å². The second kappa shape index (κ2) is 7.76. The van der Waals surface area contributed by atoms with Crippen molar-refractivity contribution >= 4 is 21.8 Å². The van der Waals surface area contributed by atoms with E-state index >= 15 is 0 Å². The molecule has 0 saturated heterocycles. The van der Waals surface area contributed by atoms with Crippen LogP contribution in [0.2, 0.25) is 0 Å². The molecule has 2 unspecified atom stereocenters. The number of amides is 2. The van der Waals surface area contributed by atoms with Crippen molar-refractivity contribution in [2.24, 2.45) is 28.9 Å². The fourth-order valence-corrected chi connectivity index (χ4v) is 7.85. The summed E-state index contributed by atoms with van der Waals surface area (Å²) in [4.78, 5) is 24.1. The lowest BCUT2D eigenvalue weighted by Gasteiger charge is -2.58. The Morgan fingerprint density at radius 2 is 1.78 bits per heavy atom. The molecule has 4 aliphatic carbocycles. The van der Waals surface area contributed by atoms with Gasteiger partial charge in [0.1, 0.15) is 4.90 Å². The van der Waals surface area contributed by atoms with Gasteiger partial charge in [0.15, 0.2) is 11.6 Å². The Hall–Kier alpha value is -2.07. The molecule has 0 aromatic heterocycles. The lowest BCUT2D eigenvalue weighted by Crippen LogP contribution is -2.62. The summed E-state index contributed by atoms with van der Waals surface area (Å²) in [6, 6.07) is 2.85. The summed E-state index contributed by atoms with van der Waals surface area (Å²) in [5.74, 6) is -2.49. The topological polar surface area (TPSA) is 118 Å². The number of carbonyl (C=O) groups is 2. The van der Waals surface area contributed by atoms with Gasteiger partial charge in [-0.3, -0.25) is 9.59 Å². The molecule has 0 aliphatic heterocycles. The molecular weight excluding hydrogens is 440 g/mol. The molecular formula is C22H29F2N3O4S. The molecule has 1 aromatic rings. The van der Waals surface area contributed by atoms with Crippen LogP contribution in [0, 0.1) is 34.8 Å². The van der Waals surface area contributed by atoms with Crippen LogP contribution < -0.4 is 15.8 Å². The molecule has 7 nitrogen and oxygen atoms in total. The number of halogens is 2. The number of hydrogen-bond donors (Lipinski definition) is 3. The van der Waals surface area contributed by atoms with Gasteiger partial charge in [0.2, 0.25) is 21.8 Å². The van der Waals surface area contributed by atoms with E-state index in [2.05, 4.69) is 10.0 Å². The molecule has 4 aliphatic rings. The molecule has 1 aromatic carbocycles. The summed E-state index contributed by atoms with van der Waals surface area (Å²) < 4.78 is 55.0. The highest BCUT2D eigenvalue weighted by atomic mass is 32.2. The van der Waals surface area contributed by atoms with E-state index in [1.54, 1.807) is 0 Å². The predicted molar refractivity (Wildman–Crippen MR) is 112 cm³/mol. The minimum atomic E-state index is -4.38. The summed E-state index contributed by atoms with van der Waals surface area (Å²) in [6.07, 6.45) is 3.91. The van der Waals surface area contributed by atoms with E-state index in [1.165, 1.54) is 13.8 Å². The maximum absolute atomic E-state index is 14.0. The van der Waals surface area contributed by atoms with Crippen molar-refractivity contribution in [3.63, 3.8) is 0 Å². The Kier molecular flexibility index (Phi) is 5.60. The lowest BCUT2D eigenvalue weighted by atomic mass is 9.47. The molecule has 0 spiro atoms. The third-order valence-corrected chi connectivity index (χ3v) is 9.06. The molecule has 5 rings (SSSR count). The van der Waals surface area contributed by atoms with Crippen LogP contribution in [0.1, 0.15) is 52.4 Å². The maximum Gasteiger partial charge on any atom is 0.244 e. The van der Waals surface area contributed by atoms with E-state index in [9.17, 15) is 26.8 Å². The van der Waals surface area contributed by atoms with Gasteiger partial charge >= 0.3 is 0 Å². The smallest absolute Gasteiger partial charge is 0.244 e. The molecule has 176 valence electrons. The largest absolute Gasteiger partial charge is 0.369 e. The minimum absolute atomic E-state index is 0.0698. The molecule has 2 amide bonds. The normalized spacial score (nSPS) is 31.5. The van der Waals surface area contributed by atoms with Gasteiger partial charge in [-0.2, -0.15) is 0 Å². The van der Waals surface area contributed by atoms with Crippen molar-refractivity contribution in [2.45, 2.75) is 68.8 Å². The zero-order chi connectivity index (χ0) is 23.5. The second-order valence-electron chi connectivity index (χ2n) is 10.4. The molecule has 4 fully saturated rings. The van der Waals surface area contributed by atoms with Gasteiger partial charge in [-0.15, -0.1) is 0 Å². The van der Waals surface area contributed by atoms with Crippen LogP contribution in [-0.2, 0) is 19.6 Å². The van der Waals surface area contributed by atoms with Gasteiger partial charge in [0.25, 0.3) is 0 Å². The number of benzene rings is 1. The van der Waals surface area contributed by atoms with Gasteiger partial charge in [0.05, 0.1) is 0 Å². The van der Waals surface area contributed by atoms with E-state index in [-0.39, 0.29) is 36.1 Å². The standard InChI is InChI=1S/C22H29F2N3O4S/c1-21(2,27-32(30,31)16-5-3-4-15(23)18(16)24)11-17(28)26-19-13-6-12-7-14(19)10-22(8-12,9-13)20(25)29/h3-5,12-14,19,27H,6-11H2,1-2H3,(H2,25,29)(H,26,28). The fourth-order valence-electron chi connectivity index (χ4n) is 6.35. The average molecular weight is 470 g/mol. The van der Waals surface area contributed by atoms with E-state index in [0.29, 0.717) is 18.8 Å². The van der Waals surface area contributed by atoms with Crippen LogP contribution in [0.5, 0.6) is 0 Å². The van der Waals surface area contributed by atoms with Crippen LogP contribution >= 0.6 is 0 Å². The third kappa shape index (κ3) is 4.14. The lowest BCUT2D eigenvalue weighted by molar-refractivity contribution is -0.147. The SMILES string of the molecule is CC(C)(CC(=O)NC1C2CC3CC1CC(C(N)=O)(C3)C2)NS(=O)(=O)c1cccc(F)c1F. The van der Waals surface area contributed by atoms with Gasteiger partial charge in [-0.1, -0.05) is 6.07 Å². The zero-order valence-electron chi connectivity index (χ0n) is 18.2. The molecule has 0 heterocycles. The number of sulfonamides is 1. The summed E-state index contributed by atoms with van der Waals surface area (Å²) in [7, 11) is -4.38. The highest BCUT2D eigenvalue weighted by molar-refractivity contribution is 7.89. The van der Waals surface area contributed by atoms with Crippen molar-refractivity contribution in [3.05, 3.63) is 29.8 Å². The first-order chi connectivity index (χ1) is 14.8. The van der Waals surface area contributed by atoms with Gasteiger partial charge in [-0.05, 0) is 75.8 Å². The summed E-state index contributed by atoms with van der Waals surface area (Å²) in [6.45, 7) is 3.03. The summed E-state index contributed by atoms with van der Waals surface area (Å²) >= 11 is 0. The van der Waals surface area contributed by atoms with Crippen LogP contribution in [0.15, 0.2) is 23.1 Å². The number of carbonyl (C=O) groups excluding carboxylic acids is 2. The van der Waals surface area contributed by atoms with Crippen LogP contribution in [0.4, 0.5) is 8.78 Å². The molecule has 0 radical (unpaired) electrons. The van der Waals surface area contributed by atoms with E-state index in [0.717, 1.165) is 37.5 Å². The molecule has 32 heavy (non-hydrogen) atoms. The van der Waals surface area contributed by atoms with E-state index in [4.69, 9.17) is 5.73 Å². The molecule has 4 saturated carbocycles. The molecule has 10 heteroatoms. The predicted octanol–water partition coefficient (Wildman–Crippen LogP) is 2.21. The van der Waals surface area contributed by atoms with Crippen molar-refractivity contribution in [3.8, 4) is 0 Å². The van der Waals surface area contributed by atoms with Gasteiger partial charge in [0, 0.05) is 23.4 Å². The van der Waals surface area contributed by atoms with E-state index < -0.39 is 37.5 Å². The summed E-state index contributed by atoms with van der Waals surface area (Å²) in [5.41, 5.74) is 4.02. The third-order valence-electron chi connectivity index (χ3n) is 7.34. The Morgan fingerprint density at radius 1 is 1.16 bits per heavy atom. The Labute approximate surface area is 186 Å². The quantitative estimate of drug-likeness (QED) is 0.567. The molecule has 2 atom stereocenters. The monoisotopic (exact) mass is 469 g/mol. The molecule has 4 N–H and O–H groups in total. The van der Waals surface area contributed by atoms with Crippen molar-refractivity contribution in [1.29, 1.82) is 0 Å². The number of nitrogens with two attached hydrogens (primary N) is 1. The van der Waals surface area contributed by atoms with Crippen LogP contribution in [0.25, 0.3) is 0 Å². The number of primary amides is 1. The van der Waals surface area contributed by atoms with E-state index in [1.807, 2.05) is 0 Å². The first kappa shape index (κ1) is 23.1. The first-order valence-electron chi connectivity index (χ1n) is 10.9. The van der Waals surface area contributed by atoms with Crippen LogP contribution in [0.3, 0.4) is 0 Å². The maximum atomic E-state index is 14.0. The average Bonchev–Trinajstić information content (AvgIpc) is 2.64. The number of rotatable bonds is 7. The van der Waals surface area contributed by atoms with Crippen molar-refractivity contribution in [1.82, 2.24) is 10.0 Å². The highest BCUT2D eigenvalue weighted by Crippen LogP contribution is 2.59. The number of hydrogen-bond acceptors (Lipinski definition) is 4. The Bertz CT molecular complexity index is 1040. The minimum Gasteiger partial charge on any atom is -0.369 e. The fraction of sp³-hybridized carbons (Fsp3) is 0.636. The van der Waals surface area contributed by atoms with Crippen LogP contribution in [-0.4, -0.2) is 31.8 Å². The van der Waals surface area contributed by atoms with Crippen molar-refractivity contribution in [2.75, 3.05) is 0 Å². The first-order valence-corrected chi connectivity index (χ1v) is 12.4. The Morgan fingerprint density at radius 3 is 2.38 bits per heavy atom. The summed E-state index contributed by atoms with van der Waals surface area (Å²) in [5, 5.41) is 3.06.